The van der Waals surface area contributed by atoms with Crippen LogP contribution in [0.1, 0.15) is 0 Å². The Balaban J connectivity index is 2.35. The van der Waals surface area contributed by atoms with E-state index in [0.29, 0.717) is 27.0 Å². The number of halogens is 2. The van der Waals surface area contributed by atoms with Crippen LogP contribution in [0, 0.1) is 11.6 Å². The Morgan fingerprint density at radius 2 is 1.60 bits per heavy atom. The van der Waals surface area contributed by atoms with Crippen molar-refractivity contribution >= 4 is 17.4 Å². The standard InChI is InChI=1S/C14H13F2NO2S/c1-18-12-6-11(17)14(7-13(12)19-2)20-8-3-4-9(15)10(16)5-8/h3-7H,17H2,1-2H3. The molecule has 0 saturated carbocycles. The van der Waals surface area contributed by atoms with Gasteiger partial charge >= 0.3 is 0 Å². The molecule has 0 aliphatic heterocycles. The number of hydrogen-bond acceptors (Lipinski definition) is 4. The Labute approximate surface area is 119 Å². The normalized spacial score (nSPS) is 10.4. The molecule has 6 heteroatoms. The maximum atomic E-state index is 13.2. The Hall–Kier alpha value is -1.95. The number of benzene rings is 2. The highest BCUT2D eigenvalue weighted by molar-refractivity contribution is 7.99. The molecule has 0 bridgehead atoms. The van der Waals surface area contributed by atoms with Crippen LogP contribution in [0.4, 0.5) is 14.5 Å². The summed E-state index contributed by atoms with van der Waals surface area (Å²) in [7, 11) is 3.03. The largest absolute Gasteiger partial charge is 0.493 e. The molecular weight excluding hydrogens is 284 g/mol. The summed E-state index contributed by atoms with van der Waals surface area (Å²) >= 11 is 1.22. The van der Waals surface area contributed by atoms with Crippen LogP contribution in [0.25, 0.3) is 0 Å². The van der Waals surface area contributed by atoms with Crippen LogP contribution in [0.3, 0.4) is 0 Å². The van der Waals surface area contributed by atoms with E-state index in [9.17, 15) is 8.78 Å². The van der Waals surface area contributed by atoms with Crippen molar-refractivity contribution in [2.24, 2.45) is 0 Å². The quantitative estimate of drug-likeness (QED) is 0.874. The molecule has 0 spiro atoms. The topological polar surface area (TPSA) is 44.5 Å². The molecule has 2 rings (SSSR count). The monoisotopic (exact) mass is 297 g/mol. The summed E-state index contributed by atoms with van der Waals surface area (Å²) in [6.45, 7) is 0. The molecule has 0 atom stereocenters. The van der Waals surface area contributed by atoms with Crippen LogP contribution in [0.5, 0.6) is 11.5 Å². The molecule has 2 aromatic carbocycles. The van der Waals surface area contributed by atoms with E-state index in [0.717, 1.165) is 12.1 Å². The van der Waals surface area contributed by atoms with Crippen molar-refractivity contribution < 1.29 is 18.3 Å². The predicted octanol–water partition coefficient (Wildman–Crippen LogP) is 3.72. The molecule has 0 aliphatic rings. The molecule has 0 heterocycles. The first kappa shape index (κ1) is 14.5. The molecule has 0 saturated heterocycles. The molecule has 3 nitrogen and oxygen atoms in total. The Morgan fingerprint density at radius 1 is 0.950 bits per heavy atom. The van der Waals surface area contributed by atoms with Gasteiger partial charge in [-0.3, -0.25) is 0 Å². The molecular formula is C14H13F2NO2S. The van der Waals surface area contributed by atoms with Crippen LogP contribution in [0.15, 0.2) is 40.1 Å². The van der Waals surface area contributed by atoms with Crippen molar-refractivity contribution in [2.75, 3.05) is 20.0 Å². The first-order valence-corrected chi connectivity index (χ1v) is 6.51. The van der Waals surface area contributed by atoms with E-state index >= 15 is 0 Å². The van der Waals surface area contributed by atoms with Crippen LogP contribution in [-0.4, -0.2) is 14.2 Å². The summed E-state index contributed by atoms with van der Waals surface area (Å²) in [5.74, 6) is -0.741. The Kier molecular flexibility index (Phi) is 4.34. The Bertz CT molecular complexity index is 635. The third-order valence-corrected chi connectivity index (χ3v) is 3.70. The van der Waals surface area contributed by atoms with E-state index in [1.807, 2.05) is 0 Å². The molecule has 0 fully saturated rings. The lowest BCUT2D eigenvalue weighted by Crippen LogP contribution is -1.95. The lowest BCUT2D eigenvalue weighted by Gasteiger charge is -2.12. The minimum atomic E-state index is -0.894. The smallest absolute Gasteiger partial charge is 0.162 e. The van der Waals surface area contributed by atoms with E-state index in [2.05, 4.69) is 0 Å². The second kappa shape index (κ2) is 6.00. The molecule has 106 valence electrons. The van der Waals surface area contributed by atoms with Crippen LogP contribution in [-0.2, 0) is 0 Å². The van der Waals surface area contributed by atoms with Gasteiger partial charge in [-0.15, -0.1) is 0 Å². The third-order valence-electron chi connectivity index (χ3n) is 2.63. The molecule has 0 aliphatic carbocycles. The van der Waals surface area contributed by atoms with Crippen LogP contribution < -0.4 is 15.2 Å². The van der Waals surface area contributed by atoms with Gasteiger partial charge in [0, 0.05) is 21.5 Å². The van der Waals surface area contributed by atoms with Crippen molar-refractivity contribution in [3.05, 3.63) is 42.0 Å². The molecule has 20 heavy (non-hydrogen) atoms. The summed E-state index contributed by atoms with van der Waals surface area (Å²) in [5, 5.41) is 0. The van der Waals surface area contributed by atoms with Gasteiger partial charge in [0.05, 0.1) is 14.2 Å². The van der Waals surface area contributed by atoms with Crippen molar-refractivity contribution in [3.8, 4) is 11.5 Å². The third kappa shape index (κ3) is 2.96. The minimum Gasteiger partial charge on any atom is -0.493 e. The van der Waals surface area contributed by atoms with Gasteiger partial charge in [0.15, 0.2) is 23.1 Å². The first-order chi connectivity index (χ1) is 9.55. The summed E-state index contributed by atoms with van der Waals surface area (Å²) in [4.78, 5) is 1.22. The number of nitrogen functional groups attached to an aromatic ring is 1. The molecule has 0 radical (unpaired) electrons. The molecule has 0 unspecified atom stereocenters. The first-order valence-electron chi connectivity index (χ1n) is 5.69. The van der Waals surface area contributed by atoms with Crippen LogP contribution in [0.2, 0.25) is 0 Å². The van der Waals surface area contributed by atoms with E-state index in [4.69, 9.17) is 15.2 Å². The van der Waals surface area contributed by atoms with Gasteiger partial charge in [0.2, 0.25) is 0 Å². The minimum absolute atomic E-state index is 0.470. The van der Waals surface area contributed by atoms with E-state index in [1.54, 1.807) is 12.1 Å². The zero-order valence-electron chi connectivity index (χ0n) is 10.9. The molecule has 0 aromatic heterocycles. The lowest BCUT2D eigenvalue weighted by atomic mass is 10.3. The maximum Gasteiger partial charge on any atom is 0.162 e. The number of methoxy groups -OCH3 is 2. The number of rotatable bonds is 4. The van der Waals surface area contributed by atoms with Crippen molar-refractivity contribution in [3.63, 3.8) is 0 Å². The maximum absolute atomic E-state index is 13.2. The van der Waals surface area contributed by atoms with Gasteiger partial charge in [-0.25, -0.2) is 8.78 Å². The Morgan fingerprint density at radius 3 is 2.20 bits per heavy atom. The highest BCUT2D eigenvalue weighted by atomic mass is 32.2. The summed E-state index contributed by atoms with van der Waals surface area (Å²) < 4.78 is 36.4. The van der Waals surface area contributed by atoms with Gasteiger partial charge in [0.25, 0.3) is 0 Å². The van der Waals surface area contributed by atoms with Crippen molar-refractivity contribution in [2.45, 2.75) is 9.79 Å². The van der Waals surface area contributed by atoms with Gasteiger partial charge < -0.3 is 15.2 Å². The average molecular weight is 297 g/mol. The SMILES string of the molecule is COc1cc(N)c(Sc2ccc(F)c(F)c2)cc1OC. The average Bonchev–Trinajstić information content (AvgIpc) is 2.44. The fourth-order valence-corrected chi connectivity index (χ4v) is 2.53. The number of hydrogen-bond donors (Lipinski definition) is 1. The van der Waals surface area contributed by atoms with E-state index < -0.39 is 11.6 Å². The van der Waals surface area contributed by atoms with Crippen molar-refractivity contribution in [1.29, 1.82) is 0 Å². The van der Waals surface area contributed by atoms with Crippen LogP contribution >= 0.6 is 11.8 Å². The molecule has 2 N–H and O–H groups in total. The summed E-state index contributed by atoms with van der Waals surface area (Å²) in [6, 6.07) is 7.01. The van der Waals surface area contributed by atoms with Gasteiger partial charge in [-0.05, 0) is 24.3 Å². The van der Waals surface area contributed by atoms with Gasteiger partial charge in [0.1, 0.15) is 0 Å². The number of ether oxygens (including phenoxy) is 2. The molecule has 2 aromatic rings. The fourth-order valence-electron chi connectivity index (χ4n) is 1.63. The second-order valence-corrected chi connectivity index (χ2v) is 5.04. The van der Waals surface area contributed by atoms with Gasteiger partial charge in [-0.2, -0.15) is 0 Å². The lowest BCUT2D eigenvalue weighted by molar-refractivity contribution is 0.354. The fraction of sp³-hybridized carbons (Fsp3) is 0.143. The molecule has 0 amide bonds. The second-order valence-electron chi connectivity index (χ2n) is 3.92. The summed E-state index contributed by atoms with van der Waals surface area (Å²) in [6.07, 6.45) is 0. The van der Waals surface area contributed by atoms with E-state index in [1.165, 1.54) is 32.0 Å². The zero-order valence-corrected chi connectivity index (χ0v) is 11.8. The number of nitrogens with two attached hydrogens (primary N) is 1. The van der Waals surface area contributed by atoms with Crippen molar-refractivity contribution in [1.82, 2.24) is 0 Å². The van der Waals surface area contributed by atoms with E-state index in [-0.39, 0.29) is 0 Å². The predicted molar refractivity (Wildman–Crippen MR) is 74.4 cm³/mol. The van der Waals surface area contributed by atoms with Gasteiger partial charge in [-0.1, -0.05) is 11.8 Å². The highest BCUT2D eigenvalue weighted by Gasteiger charge is 2.11. The zero-order chi connectivity index (χ0) is 14.7. The summed E-state index contributed by atoms with van der Waals surface area (Å²) in [5.41, 5.74) is 6.38. The highest BCUT2D eigenvalue weighted by Crippen LogP contribution is 2.39. The number of anilines is 1.